The molecule has 0 spiro atoms. The molecule has 5 N–H and O–H groups in total. The van der Waals surface area contributed by atoms with Crippen LogP contribution in [-0.2, 0) is 0 Å². The Morgan fingerprint density at radius 3 is 2.05 bits per heavy atom. The highest BCUT2D eigenvalue weighted by Crippen LogP contribution is 2.26. The predicted octanol–water partition coefficient (Wildman–Crippen LogP) is 2.40. The fraction of sp³-hybridized carbons (Fsp3) is 0.267. The van der Waals surface area contributed by atoms with Crippen LogP contribution in [0.2, 0.25) is 0 Å². The molecule has 20 heavy (non-hydrogen) atoms. The Bertz CT molecular complexity index is 587. The lowest BCUT2D eigenvalue weighted by Gasteiger charge is -2.20. The summed E-state index contributed by atoms with van der Waals surface area (Å²) in [6.45, 7) is 4.13. The van der Waals surface area contributed by atoms with Crippen molar-refractivity contribution < 1.29 is 0 Å². The lowest BCUT2D eigenvalue weighted by Crippen LogP contribution is -2.24. The van der Waals surface area contributed by atoms with Crippen LogP contribution in [0.25, 0.3) is 11.1 Å². The van der Waals surface area contributed by atoms with Gasteiger partial charge < -0.3 is 11.5 Å². The van der Waals surface area contributed by atoms with Gasteiger partial charge in [0.15, 0.2) is 0 Å². The SMILES string of the molecule is CC(C)C(C(=N)N)c1ccc(-c2cnc(N)nc2)cc1. The molecular weight excluding hydrogens is 250 g/mol. The van der Waals surface area contributed by atoms with Crippen molar-refractivity contribution >= 4 is 11.8 Å². The van der Waals surface area contributed by atoms with Crippen LogP contribution < -0.4 is 11.5 Å². The van der Waals surface area contributed by atoms with E-state index < -0.39 is 0 Å². The van der Waals surface area contributed by atoms with E-state index >= 15 is 0 Å². The summed E-state index contributed by atoms with van der Waals surface area (Å²) in [6.07, 6.45) is 3.39. The van der Waals surface area contributed by atoms with Gasteiger partial charge in [-0.3, -0.25) is 5.41 Å². The molecule has 0 aliphatic carbocycles. The summed E-state index contributed by atoms with van der Waals surface area (Å²) in [5, 5.41) is 7.70. The van der Waals surface area contributed by atoms with Crippen molar-refractivity contribution in [1.82, 2.24) is 9.97 Å². The molecule has 0 saturated heterocycles. The minimum atomic E-state index is -0.0493. The minimum Gasteiger partial charge on any atom is -0.387 e. The average molecular weight is 269 g/mol. The summed E-state index contributed by atoms with van der Waals surface area (Å²) in [4.78, 5) is 7.96. The van der Waals surface area contributed by atoms with Gasteiger partial charge in [-0.25, -0.2) is 9.97 Å². The van der Waals surface area contributed by atoms with Crippen LogP contribution in [0.4, 0.5) is 5.95 Å². The van der Waals surface area contributed by atoms with E-state index in [1.165, 1.54) is 0 Å². The average Bonchev–Trinajstić information content (AvgIpc) is 2.40. The Morgan fingerprint density at radius 2 is 1.60 bits per heavy atom. The van der Waals surface area contributed by atoms with Crippen LogP contribution in [0.1, 0.15) is 25.3 Å². The van der Waals surface area contributed by atoms with Gasteiger partial charge in [0.05, 0.1) is 5.84 Å². The molecule has 5 nitrogen and oxygen atoms in total. The largest absolute Gasteiger partial charge is 0.387 e. The van der Waals surface area contributed by atoms with Crippen LogP contribution in [-0.4, -0.2) is 15.8 Å². The molecule has 0 aliphatic rings. The molecule has 1 aromatic carbocycles. The first-order valence-corrected chi connectivity index (χ1v) is 6.51. The number of hydrogen-bond acceptors (Lipinski definition) is 4. The predicted molar refractivity (Wildman–Crippen MR) is 81.4 cm³/mol. The third kappa shape index (κ3) is 2.93. The van der Waals surface area contributed by atoms with E-state index in [9.17, 15) is 0 Å². The number of benzene rings is 1. The molecule has 5 heteroatoms. The highest BCUT2D eigenvalue weighted by molar-refractivity contribution is 5.85. The molecule has 104 valence electrons. The maximum atomic E-state index is 7.70. The van der Waals surface area contributed by atoms with Gasteiger partial charge >= 0.3 is 0 Å². The van der Waals surface area contributed by atoms with Gasteiger partial charge in [0.1, 0.15) is 0 Å². The van der Waals surface area contributed by atoms with E-state index in [0.29, 0.717) is 5.92 Å². The number of amidine groups is 1. The molecule has 0 bridgehead atoms. The quantitative estimate of drug-likeness (QED) is 0.586. The van der Waals surface area contributed by atoms with E-state index in [4.69, 9.17) is 16.9 Å². The van der Waals surface area contributed by atoms with Crippen LogP contribution in [0.3, 0.4) is 0 Å². The lowest BCUT2D eigenvalue weighted by atomic mass is 9.87. The van der Waals surface area contributed by atoms with Crippen LogP contribution in [0.15, 0.2) is 36.7 Å². The summed E-state index contributed by atoms with van der Waals surface area (Å²) in [7, 11) is 0. The van der Waals surface area contributed by atoms with Gasteiger partial charge in [-0.2, -0.15) is 0 Å². The monoisotopic (exact) mass is 269 g/mol. The van der Waals surface area contributed by atoms with Gasteiger partial charge in [-0.05, 0) is 17.0 Å². The molecule has 2 rings (SSSR count). The van der Waals surface area contributed by atoms with Gasteiger partial charge in [-0.15, -0.1) is 0 Å². The van der Waals surface area contributed by atoms with E-state index in [0.717, 1.165) is 16.7 Å². The highest BCUT2D eigenvalue weighted by atomic mass is 15.0. The second-order valence-electron chi connectivity index (χ2n) is 5.13. The van der Waals surface area contributed by atoms with Gasteiger partial charge in [0, 0.05) is 23.9 Å². The lowest BCUT2D eigenvalue weighted by molar-refractivity contribution is 0.597. The van der Waals surface area contributed by atoms with Crippen molar-refractivity contribution in [2.45, 2.75) is 19.8 Å². The first-order valence-electron chi connectivity index (χ1n) is 6.51. The van der Waals surface area contributed by atoms with Crippen molar-refractivity contribution in [1.29, 1.82) is 5.41 Å². The summed E-state index contributed by atoms with van der Waals surface area (Å²) in [5.74, 6) is 0.704. The van der Waals surface area contributed by atoms with E-state index in [1.807, 2.05) is 24.3 Å². The zero-order valence-corrected chi connectivity index (χ0v) is 11.7. The molecule has 1 heterocycles. The van der Waals surface area contributed by atoms with Crippen LogP contribution >= 0.6 is 0 Å². The minimum absolute atomic E-state index is 0.0493. The number of hydrogen-bond donors (Lipinski definition) is 3. The zero-order chi connectivity index (χ0) is 14.7. The van der Waals surface area contributed by atoms with E-state index in [2.05, 4.69) is 23.8 Å². The maximum Gasteiger partial charge on any atom is 0.219 e. The van der Waals surface area contributed by atoms with Crippen LogP contribution in [0.5, 0.6) is 0 Å². The van der Waals surface area contributed by atoms with Crippen molar-refractivity contribution in [3.05, 3.63) is 42.2 Å². The third-order valence-electron chi connectivity index (χ3n) is 3.28. The molecular formula is C15H19N5. The first-order chi connectivity index (χ1) is 9.49. The van der Waals surface area contributed by atoms with Crippen LogP contribution in [0, 0.1) is 11.3 Å². The number of nitrogens with one attached hydrogen (secondary N) is 1. The van der Waals surface area contributed by atoms with E-state index in [-0.39, 0.29) is 17.7 Å². The maximum absolute atomic E-state index is 7.70. The molecule has 0 fully saturated rings. The fourth-order valence-corrected chi connectivity index (χ4v) is 2.29. The third-order valence-corrected chi connectivity index (χ3v) is 3.28. The normalized spacial score (nSPS) is 12.3. The van der Waals surface area contributed by atoms with Crippen molar-refractivity contribution in [3.8, 4) is 11.1 Å². The number of aromatic nitrogens is 2. The number of anilines is 1. The Kier molecular flexibility index (Phi) is 3.98. The number of nitrogens with zero attached hydrogens (tertiary/aromatic N) is 2. The molecule has 1 atom stereocenters. The van der Waals surface area contributed by atoms with Gasteiger partial charge in [0.25, 0.3) is 0 Å². The second-order valence-corrected chi connectivity index (χ2v) is 5.13. The Labute approximate surface area is 118 Å². The number of rotatable bonds is 4. The molecule has 1 unspecified atom stereocenters. The van der Waals surface area contributed by atoms with Crippen molar-refractivity contribution in [2.24, 2.45) is 11.7 Å². The Hall–Kier alpha value is -2.43. The number of nitrogens with two attached hydrogens (primary N) is 2. The summed E-state index contributed by atoms with van der Waals surface area (Å²) >= 11 is 0. The summed E-state index contributed by atoms with van der Waals surface area (Å²) < 4.78 is 0. The topological polar surface area (TPSA) is 102 Å². The molecule has 0 saturated carbocycles. The standard InChI is InChI=1S/C15H19N5/c1-9(2)13(14(16)17)11-5-3-10(4-6-11)12-7-19-15(18)20-8-12/h3-9,13H,1-2H3,(H3,16,17)(H2,18,19,20). The number of nitrogen functional groups attached to an aromatic ring is 1. The van der Waals surface area contributed by atoms with Gasteiger partial charge in [-0.1, -0.05) is 38.1 Å². The van der Waals surface area contributed by atoms with Crippen molar-refractivity contribution in [2.75, 3.05) is 5.73 Å². The summed E-state index contributed by atoms with van der Waals surface area (Å²) in [6, 6.07) is 7.97. The summed E-state index contributed by atoms with van der Waals surface area (Å²) in [5.41, 5.74) is 14.1. The smallest absolute Gasteiger partial charge is 0.219 e. The molecule has 2 aromatic rings. The second kappa shape index (κ2) is 5.69. The molecule has 1 aromatic heterocycles. The molecule has 0 radical (unpaired) electrons. The fourth-order valence-electron chi connectivity index (χ4n) is 2.29. The zero-order valence-electron chi connectivity index (χ0n) is 11.7. The van der Waals surface area contributed by atoms with Gasteiger partial charge in [0.2, 0.25) is 5.95 Å². The molecule has 0 amide bonds. The Balaban J connectivity index is 2.30. The van der Waals surface area contributed by atoms with E-state index in [1.54, 1.807) is 12.4 Å². The molecule has 0 aliphatic heterocycles. The van der Waals surface area contributed by atoms with Crippen molar-refractivity contribution in [3.63, 3.8) is 0 Å². The Morgan fingerprint density at radius 1 is 1.05 bits per heavy atom. The first kappa shape index (κ1) is 14.0. The highest BCUT2D eigenvalue weighted by Gasteiger charge is 2.18.